The topological polar surface area (TPSA) is 123 Å². The lowest BCUT2D eigenvalue weighted by molar-refractivity contribution is 0.463. The Morgan fingerprint density at radius 2 is 2.04 bits per heavy atom. The summed E-state index contributed by atoms with van der Waals surface area (Å²) >= 11 is 0. The van der Waals surface area contributed by atoms with E-state index in [4.69, 9.17) is 9.56 Å². The van der Waals surface area contributed by atoms with Gasteiger partial charge < -0.3 is 15.1 Å². The van der Waals surface area contributed by atoms with E-state index < -0.39 is 10.0 Å². The van der Waals surface area contributed by atoms with E-state index in [9.17, 15) is 8.42 Å². The summed E-state index contributed by atoms with van der Waals surface area (Å²) in [6.07, 6.45) is 0. The van der Waals surface area contributed by atoms with Crippen molar-refractivity contribution in [3.63, 3.8) is 0 Å². The van der Waals surface area contributed by atoms with Crippen LogP contribution in [-0.2, 0) is 23.1 Å². The fraction of sp³-hybridized carbons (Fsp3) is 0.375. The Bertz CT molecular complexity index is 845. The molecule has 26 heavy (non-hydrogen) atoms. The number of sulfonamides is 1. The molecule has 0 radical (unpaired) electrons. The number of hydrogen-bond donors (Lipinski definition) is 3. The summed E-state index contributed by atoms with van der Waals surface area (Å²) in [5.74, 6) is 1.95. The second kappa shape index (κ2) is 9.88. The van der Waals surface area contributed by atoms with Gasteiger partial charge in [-0.3, -0.25) is 0 Å². The maximum Gasteiger partial charge on any atom is 0.238 e. The van der Waals surface area contributed by atoms with Gasteiger partial charge in [-0.05, 0) is 38.5 Å². The number of aryl methyl sites for hydroxylation is 2. The molecule has 10 heteroatoms. The summed E-state index contributed by atoms with van der Waals surface area (Å²) in [5, 5.41) is 11.4. The van der Waals surface area contributed by atoms with Crippen molar-refractivity contribution in [3.05, 3.63) is 47.2 Å². The molecule has 2 rings (SSSR count). The number of aromatic nitrogens is 1. The summed E-state index contributed by atoms with van der Waals surface area (Å²) in [4.78, 5) is 8.82. The molecular formula is C16H24IN5O3S. The van der Waals surface area contributed by atoms with Crippen molar-refractivity contribution in [1.29, 1.82) is 0 Å². The van der Waals surface area contributed by atoms with Crippen LogP contribution >= 0.6 is 24.0 Å². The van der Waals surface area contributed by atoms with Gasteiger partial charge in [0.25, 0.3) is 0 Å². The van der Waals surface area contributed by atoms with Crippen LogP contribution in [0.5, 0.6) is 0 Å². The van der Waals surface area contributed by atoms with Crippen LogP contribution in [-0.4, -0.2) is 25.9 Å². The number of guanidine groups is 1. The highest BCUT2D eigenvalue weighted by molar-refractivity contribution is 14.0. The van der Waals surface area contributed by atoms with Gasteiger partial charge in [0, 0.05) is 6.54 Å². The van der Waals surface area contributed by atoms with E-state index in [2.05, 4.69) is 20.6 Å². The maximum absolute atomic E-state index is 11.4. The number of aliphatic imine (C=N–C) groups is 1. The SMILES string of the molecule is CCNC(=NCc1cccc(S(N)(=O)=O)c1)NCc1nc(C)c(C)o1.I. The molecule has 0 spiro atoms. The predicted octanol–water partition coefficient (Wildman–Crippen LogP) is 1.81. The molecule has 0 atom stereocenters. The Morgan fingerprint density at radius 3 is 2.62 bits per heavy atom. The molecular weight excluding hydrogens is 469 g/mol. The Labute approximate surface area is 170 Å². The highest BCUT2D eigenvalue weighted by Gasteiger charge is 2.09. The molecule has 0 bridgehead atoms. The summed E-state index contributed by atoms with van der Waals surface area (Å²) in [7, 11) is -3.72. The number of hydrogen-bond acceptors (Lipinski definition) is 5. The largest absolute Gasteiger partial charge is 0.444 e. The Balaban J connectivity index is 0.00000338. The second-order valence-corrected chi connectivity index (χ2v) is 7.05. The van der Waals surface area contributed by atoms with Crippen LogP contribution in [0.3, 0.4) is 0 Å². The molecule has 1 aromatic carbocycles. The van der Waals surface area contributed by atoms with Crippen LogP contribution in [0.15, 0.2) is 38.6 Å². The van der Waals surface area contributed by atoms with Gasteiger partial charge in [0.15, 0.2) is 5.96 Å². The summed E-state index contributed by atoms with van der Waals surface area (Å²) in [6, 6.07) is 6.41. The number of nitrogens with one attached hydrogen (secondary N) is 2. The zero-order valence-electron chi connectivity index (χ0n) is 14.9. The standard InChI is InChI=1S/C16H23N5O3S.HI/c1-4-18-16(20-10-15-21-11(2)12(3)24-15)19-9-13-6-5-7-14(8-13)25(17,22)23;/h5-8H,4,9-10H2,1-3H3,(H2,17,22,23)(H2,18,19,20);1H. The maximum atomic E-state index is 11.4. The molecule has 0 unspecified atom stereocenters. The zero-order chi connectivity index (χ0) is 18.4. The monoisotopic (exact) mass is 493 g/mol. The third-order valence-electron chi connectivity index (χ3n) is 3.47. The smallest absolute Gasteiger partial charge is 0.238 e. The fourth-order valence-electron chi connectivity index (χ4n) is 2.11. The first-order chi connectivity index (χ1) is 11.8. The molecule has 1 heterocycles. The van der Waals surface area contributed by atoms with Crippen molar-refractivity contribution in [3.8, 4) is 0 Å². The van der Waals surface area contributed by atoms with Gasteiger partial charge in [0.1, 0.15) is 5.76 Å². The summed E-state index contributed by atoms with van der Waals surface area (Å²) < 4.78 is 28.4. The van der Waals surface area contributed by atoms with Gasteiger partial charge in [-0.2, -0.15) is 0 Å². The van der Waals surface area contributed by atoms with E-state index in [0.29, 0.717) is 31.5 Å². The quantitative estimate of drug-likeness (QED) is 0.321. The second-order valence-electron chi connectivity index (χ2n) is 5.49. The molecule has 0 aliphatic carbocycles. The van der Waals surface area contributed by atoms with Crippen LogP contribution in [0, 0.1) is 13.8 Å². The van der Waals surface area contributed by atoms with E-state index in [1.807, 2.05) is 20.8 Å². The van der Waals surface area contributed by atoms with Gasteiger partial charge >= 0.3 is 0 Å². The first-order valence-electron chi connectivity index (χ1n) is 7.86. The zero-order valence-corrected chi connectivity index (χ0v) is 18.1. The van der Waals surface area contributed by atoms with Crippen LogP contribution < -0.4 is 15.8 Å². The molecule has 0 saturated carbocycles. The van der Waals surface area contributed by atoms with E-state index in [1.165, 1.54) is 12.1 Å². The van der Waals surface area contributed by atoms with Crippen molar-refractivity contribution in [2.45, 2.75) is 38.8 Å². The molecule has 0 fully saturated rings. The highest BCUT2D eigenvalue weighted by Crippen LogP contribution is 2.11. The predicted molar refractivity (Wildman–Crippen MR) is 111 cm³/mol. The van der Waals surface area contributed by atoms with E-state index in [-0.39, 0.29) is 28.9 Å². The minimum Gasteiger partial charge on any atom is -0.444 e. The average Bonchev–Trinajstić information content (AvgIpc) is 2.88. The highest BCUT2D eigenvalue weighted by atomic mass is 127. The summed E-state index contributed by atoms with van der Waals surface area (Å²) in [6.45, 7) is 7.11. The number of halogens is 1. The Morgan fingerprint density at radius 1 is 1.31 bits per heavy atom. The number of benzene rings is 1. The lowest BCUT2D eigenvalue weighted by Gasteiger charge is -2.10. The Hall–Kier alpha value is -1.66. The van der Waals surface area contributed by atoms with Crippen LogP contribution in [0.1, 0.15) is 29.8 Å². The average molecular weight is 493 g/mol. The molecule has 8 nitrogen and oxygen atoms in total. The molecule has 0 saturated heterocycles. The number of oxazole rings is 1. The molecule has 0 aliphatic heterocycles. The van der Waals surface area contributed by atoms with Gasteiger partial charge in [-0.25, -0.2) is 23.5 Å². The molecule has 1 aromatic heterocycles. The van der Waals surface area contributed by atoms with Crippen molar-refractivity contribution in [2.24, 2.45) is 10.1 Å². The van der Waals surface area contributed by atoms with E-state index >= 15 is 0 Å². The number of nitrogens with zero attached hydrogens (tertiary/aromatic N) is 2. The Kier molecular flexibility index (Phi) is 8.50. The van der Waals surface area contributed by atoms with Crippen molar-refractivity contribution in [1.82, 2.24) is 15.6 Å². The van der Waals surface area contributed by atoms with Crippen LogP contribution in [0.25, 0.3) is 0 Å². The van der Waals surface area contributed by atoms with Crippen molar-refractivity contribution in [2.75, 3.05) is 6.54 Å². The van der Waals surface area contributed by atoms with Crippen LogP contribution in [0.2, 0.25) is 0 Å². The first kappa shape index (κ1) is 22.4. The molecule has 0 aliphatic rings. The molecule has 2 aromatic rings. The number of rotatable bonds is 6. The third kappa shape index (κ3) is 6.57. The summed E-state index contributed by atoms with van der Waals surface area (Å²) in [5.41, 5.74) is 1.60. The lowest BCUT2D eigenvalue weighted by atomic mass is 10.2. The van der Waals surface area contributed by atoms with E-state index in [1.54, 1.807) is 12.1 Å². The van der Waals surface area contributed by atoms with E-state index in [0.717, 1.165) is 17.0 Å². The van der Waals surface area contributed by atoms with Gasteiger partial charge in [-0.15, -0.1) is 24.0 Å². The van der Waals surface area contributed by atoms with Crippen molar-refractivity contribution < 1.29 is 12.8 Å². The normalized spacial score (nSPS) is 11.8. The van der Waals surface area contributed by atoms with Crippen LogP contribution in [0.4, 0.5) is 0 Å². The number of primary sulfonamides is 1. The minimum atomic E-state index is -3.72. The van der Waals surface area contributed by atoms with Gasteiger partial charge in [0.2, 0.25) is 15.9 Å². The van der Waals surface area contributed by atoms with Gasteiger partial charge in [-0.1, -0.05) is 12.1 Å². The third-order valence-corrected chi connectivity index (χ3v) is 4.38. The minimum absolute atomic E-state index is 0. The molecule has 0 amide bonds. The first-order valence-corrected chi connectivity index (χ1v) is 9.41. The molecule has 4 N–H and O–H groups in total. The van der Waals surface area contributed by atoms with Crippen molar-refractivity contribution >= 4 is 40.0 Å². The fourth-order valence-corrected chi connectivity index (χ4v) is 2.69. The van der Waals surface area contributed by atoms with Gasteiger partial charge in [0.05, 0.1) is 23.7 Å². The lowest BCUT2D eigenvalue weighted by Crippen LogP contribution is -2.36. The molecule has 144 valence electrons. The number of nitrogens with two attached hydrogens (primary N) is 1.